The van der Waals surface area contributed by atoms with E-state index in [2.05, 4.69) is 13.8 Å². The molecule has 0 radical (unpaired) electrons. The molecule has 98 valence electrons. The van der Waals surface area contributed by atoms with E-state index in [1.54, 1.807) is 7.11 Å². The smallest absolute Gasteiger partial charge is 0.164 e. The van der Waals surface area contributed by atoms with Crippen LogP contribution in [-0.2, 0) is 9.53 Å². The molecule has 0 amide bonds. The average molecular weight is 238 g/mol. The molecule has 0 N–H and O–H groups in total. The van der Waals surface area contributed by atoms with Crippen LogP contribution < -0.4 is 0 Å². The van der Waals surface area contributed by atoms with E-state index in [9.17, 15) is 4.79 Å². The molecule has 2 nitrogen and oxygen atoms in total. The zero-order chi connectivity index (χ0) is 12.5. The fraction of sp³-hybridized carbons (Fsp3) is 0.933. The third-order valence-electron chi connectivity index (χ3n) is 4.79. The van der Waals surface area contributed by atoms with Crippen LogP contribution in [-0.4, -0.2) is 18.5 Å². The van der Waals surface area contributed by atoms with Crippen LogP contribution in [0.15, 0.2) is 0 Å². The Morgan fingerprint density at radius 1 is 1.18 bits per heavy atom. The second-order valence-electron chi connectivity index (χ2n) is 6.77. The minimum atomic E-state index is -0.440. The summed E-state index contributed by atoms with van der Waals surface area (Å²) in [6.45, 7) is 4.59. The molecule has 0 heterocycles. The third-order valence-corrected chi connectivity index (χ3v) is 4.79. The molecule has 0 saturated heterocycles. The van der Waals surface area contributed by atoms with Gasteiger partial charge in [-0.05, 0) is 43.4 Å². The predicted molar refractivity (Wildman–Crippen MR) is 69.0 cm³/mol. The summed E-state index contributed by atoms with van der Waals surface area (Å²) in [5.41, 5.74) is -0.0524. The molecule has 2 fully saturated rings. The van der Waals surface area contributed by atoms with Gasteiger partial charge in [0.25, 0.3) is 0 Å². The van der Waals surface area contributed by atoms with Gasteiger partial charge in [-0.25, -0.2) is 0 Å². The van der Waals surface area contributed by atoms with Crippen molar-refractivity contribution in [3.63, 3.8) is 0 Å². The molecule has 0 aliphatic heterocycles. The number of hydrogen-bond acceptors (Lipinski definition) is 2. The van der Waals surface area contributed by atoms with Gasteiger partial charge in [-0.3, -0.25) is 4.79 Å². The van der Waals surface area contributed by atoms with Crippen molar-refractivity contribution < 1.29 is 9.53 Å². The SMILES string of the molecule is COC1(C(=O)CCC2CC2)CCC(C)(C)CC1. The van der Waals surface area contributed by atoms with Gasteiger partial charge in [-0.2, -0.15) is 0 Å². The van der Waals surface area contributed by atoms with Crippen molar-refractivity contribution in [1.29, 1.82) is 0 Å². The number of methoxy groups -OCH3 is 1. The van der Waals surface area contributed by atoms with Crippen LogP contribution in [0.2, 0.25) is 0 Å². The molecule has 17 heavy (non-hydrogen) atoms. The van der Waals surface area contributed by atoms with Crippen molar-refractivity contribution in [2.24, 2.45) is 11.3 Å². The first-order valence-corrected chi connectivity index (χ1v) is 7.06. The normalized spacial score (nSPS) is 26.8. The van der Waals surface area contributed by atoms with Crippen LogP contribution in [0.3, 0.4) is 0 Å². The molecule has 0 atom stereocenters. The molecule has 0 unspecified atom stereocenters. The first kappa shape index (κ1) is 13.1. The van der Waals surface area contributed by atoms with E-state index < -0.39 is 5.60 Å². The number of hydrogen-bond donors (Lipinski definition) is 0. The van der Waals surface area contributed by atoms with Crippen LogP contribution in [0.4, 0.5) is 0 Å². The summed E-state index contributed by atoms with van der Waals surface area (Å²) in [6, 6.07) is 0. The zero-order valence-electron chi connectivity index (χ0n) is 11.6. The monoisotopic (exact) mass is 238 g/mol. The number of rotatable bonds is 5. The van der Waals surface area contributed by atoms with E-state index in [0.29, 0.717) is 11.2 Å². The van der Waals surface area contributed by atoms with E-state index in [1.807, 2.05) is 0 Å². The van der Waals surface area contributed by atoms with Gasteiger partial charge in [0.2, 0.25) is 0 Å². The number of ketones is 1. The molecule has 2 rings (SSSR count). The molecule has 0 spiro atoms. The maximum Gasteiger partial charge on any atom is 0.164 e. The summed E-state index contributed by atoms with van der Waals surface area (Å²) in [7, 11) is 1.72. The van der Waals surface area contributed by atoms with Gasteiger partial charge in [0.05, 0.1) is 0 Å². The van der Waals surface area contributed by atoms with Gasteiger partial charge in [-0.1, -0.05) is 26.7 Å². The average Bonchev–Trinajstić information content (AvgIpc) is 3.10. The van der Waals surface area contributed by atoms with Gasteiger partial charge < -0.3 is 4.74 Å². The number of carbonyl (C=O) groups is 1. The summed E-state index contributed by atoms with van der Waals surface area (Å²) < 4.78 is 5.64. The van der Waals surface area contributed by atoms with Crippen LogP contribution in [0.25, 0.3) is 0 Å². The summed E-state index contributed by atoms with van der Waals surface area (Å²) >= 11 is 0. The molecule has 0 aromatic heterocycles. The number of Topliss-reactive ketones (excluding diaryl/α,β-unsaturated/α-hetero) is 1. The second-order valence-corrected chi connectivity index (χ2v) is 6.77. The molecule has 0 aromatic rings. The van der Waals surface area contributed by atoms with E-state index in [0.717, 1.165) is 44.4 Å². The molecule has 2 aliphatic carbocycles. The quantitative estimate of drug-likeness (QED) is 0.729. The molecule has 0 aromatic carbocycles. The van der Waals surface area contributed by atoms with E-state index in [-0.39, 0.29) is 0 Å². The zero-order valence-corrected chi connectivity index (χ0v) is 11.6. The lowest BCUT2D eigenvalue weighted by Crippen LogP contribution is -2.45. The molecule has 2 heteroatoms. The van der Waals surface area contributed by atoms with E-state index in [1.165, 1.54) is 12.8 Å². The first-order valence-electron chi connectivity index (χ1n) is 7.06. The van der Waals surface area contributed by atoms with E-state index >= 15 is 0 Å². The van der Waals surface area contributed by atoms with Crippen LogP contribution in [0.1, 0.15) is 65.2 Å². The maximum atomic E-state index is 12.4. The lowest BCUT2D eigenvalue weighted by atomic mass is 9.69. The second kappa shape index (κ2) is 4.72. The highest BCUT2D eigenvalue weighted by Crippen LogP contribution is 2.43. The first-order chi connectivity index (χ1) is 7.97. The van der Waals surface area contributed by atoms with Gasteiger partial charge in [0, 0.05) is 13.5 Å². The summed E-state index contributed by atoms with van der Waals surface area (Å²) in [4.78, 5) is 12.4. The lowest BCUT2D eigenvalue weighted by molar-refractivity contribution is -0.148. The fourth-order valence-corrected chi connectivity index (χ4v) is 2.90. The molecule has 2 aliphatic rings. The number of carbonyl (C=O) groups excluding carboxylic acids is 1. The van der Waals surface area contributed by atoms with Crippen LogP contribution in [0, 0.1) is 11.3 Å². The Bertz CT molecular complexity index is 279. The van der Waals surface area contributed by atoms with Crippen molar-refractivity contribution in [3.8, 4) is 0 Å². The molecule has 2 saturated carbocycles. The highest BCUT2D eigenvalue weighted by atomic mass is 16.5. The fourth-order valence-electron chi connectivity index (χ4n) is 2.90. The Kier molecular flexibility index (Phi) is 3.63. The summed E-state index contributed by atoms with van der Waals surface area (Å²) in [6.07, 6.45) is 8.54. The van der Waals surface area contributed by atoms with Crippen molar-refractivity contribution >= 4 is 5.78 Å². The molecule has 0 bridgehead atoms. The Hall–Kier alpha value is -0.370. The van der Waals surface area contributed by atoms with Crippen molar-refractivity contribution in [1.82, 2.24) is 0 Å². The standard InChI is InChI=1S/C15H26O2/c1-14(2)8-10-15(17-3,11-9-14)13(16)7-6-12-4-5-12/h12H,4-11H2,1-3H3. The Balaban J connectivity index is 1.91. The Morgan fingerprint density at radius 2 is 1.76 bits per heavy atom. The third kappa shape index (κ3) is 3.09. The largest absolute Gasteiger partial charge is 0.370 e. The van der Waals surface area contributed by atoms with Gasteiger partial charge in [0.1, 0.15) is 5.60 Å². The van der Waals surface area contributed by atoms with Crippen LogP contribution >= 0.6 is 0 Å². The van der Waals surface area contributed by atoms with Crippen molar-refractivity contribution in [2.75, 3.05) is 7.11 Å². The minimum absolute atomic E-state index is 0.363. The minimum Gasteiger partial charge on any atom is -0.370 e. The van der Waals surface area contributed by atoms with Crippen LogP contribution in [0.5, 0.6) is 0 Å². The molecular formula is C15H26O2. The van der Waals surface area contributed by atoms with E-state index in [4.69, 9.17) is 4.74 Å². The Morgan fingerprint density at radius 3 is 2.24 bits per heavy atom. The highest BCUT2D eigenvalue weighted by molar-refractivity contribution is 5.87. The predicted octanol–water partition coefficient (Wildman–Crippen LogP) is 3.73. The topological polar surface area (TPSA) is 26.3 Å². The van der Waals surface area contributed by atoms with Gasteiger partial charge in [0.15, 0.2) is 5.78 Å². The summed E-state index contributed by atoms with van der Waals surface area (Å²) in [5, 5.41) is 0. The van der Waals surface area contributed by atoms with Crippen molar-refractivity contribution in [2.45, 2.75) is 70.8 Å². The maximum absolute atomic E-state index is 12.4. The molecular weight excluding hydrogens is 212 g/mol. The van der Waals surface area contributed by atoms with Crippen molar-refractivity contribution in [3.05, 3.63) is 0 Å². The summed E-state index contributed by atoms with van der Waals surface area (Å²) in [5.74, 6) is 1.20. The Labute approximate surface area is 105 Å². The number of ether oxygens (including phenoxy) is 1. The highest BCUT2D eigenvalue weighted by Gasteiger charge is 2.43. The van der Waals surface area contributed by atoms with Gasteiger partial charge in [-0.15, -0.1) is 0 Å². The van der Waals surface area contributed by atoms with Gasteiger partial charge >= 0.3 is 0 Å². The lowest BCUT2D eigenvalue weighted by Gasteiger charge is -2.41.